The number of unbranched alkanes of at least 4 members (excludes halogenated alkanes) is 9. The van der Waals surface area contributed by atoms with Crippen LogP contribution in [0, 0.1) is 0 Å². The first-order chi connectivity index (χ1) is 8.62. The fraction of sp³-hybridized carbons (Fsp3) is 1.00. The van der Waals surface area contributed by atoms with Gasteiger partial charge < -0.3 is 0 Å². The molecule has 0 aromatic heterocycles. The predicted molar refractivity (Wildman–Crippen MR) is 91.2 cm³/mol. The Hall–Kier alpha value is 0.640. The smallest absolute Gasteiger partial charge is 0.0103 e. The molecule has 0 saturated heterocycles. The lowest BCUT2D eigenvalue weighted by Gasteiger charge is -2.28. The second-order valence-electron chi connectivity index (χ2n) is 5.74. The average Bonchev–Trinajstić information content (AvgIpc) is 2.33. The van der Waals surface area contributed by atoms with Gasteiger partial charge in [0.15, 0.2) is 0 Å². The van der Waals surface area contributed by atoms with Crippen molar-refractivity contribution in [3.05, 3.63) is 0 Å². The van der Waals surface area contributed by atoms with Crippen molar-refractivity contribution in [2.45, 2.75) is 84.5 Å². The summed E-state index contributed by atoms with van der Waals surface area (Å²) in [5.41, 5.74) is 0. The van der Waals surface area contributed by atoms with Crippen LogP contribution in [0.3, 0.4) is 0 Å². The van der Waals surface area contributed by atoms with Crippen molar-refractivity contribution < 1.29 is 0 Å². The minimum atomic E-state index is -0.789. The molecule has 0 rings (SSSR count). The summed E-state index contributed by atoms with van der Waals surface area (Å²) in [6.45, 7) is 4.55. The third-order valence-corrected chi connectivity index (χ3v) is 6.80. The number of halogens is 1. The zero-order valence-corrected chi connectivity index (χ0v) is 14.6. The summed E-state index contributed by atoms with van der Waals surface area (Å²) in [4.78, 5) is 0. The van der Waals surface area contributed by atoms with Crippen LogP contribution in [0.5, 0.6) is 0 Å². The summed E-state index contributed by atoms with van der Waals surface area (Å²) in [5.74, 6) is 2.57. The Morgan fingerprint density at radius 3 is 1.33 bits per heavy atom. The van der Waals surface area contributed by atoms with E-state index in [2.05, 4.69) is 20.1 Å². The van der Waals surface area contributed by atoms with E-state index in [1.807, 2.05) is 0 Å². The molecule has 0 N–H and O–H groups in total. The molecular weight excluding hydrogens is 260 g/mol. The second kappa shape index (κ2) is 12.7. The van der Waals surface area contributed by atoms with E-state index in [9.17, 15) is 0 Å². The molecule has 1 unspecified atom stereocenters. The van der Waals surface area contributed by atoms with Gasteiger partial charge in [-0.3, -0.25) is 0 Å². The summed E-state index contributed by atoms with van der Waals surface area (Å²) >= 11 is 0. The molecule has 0 radical (unpaired) electrons. The molecule has 0 aliphatic heterocycles. The molecule has 0 bridgehead atoms. The van der Waals surface area contributed by atoms with E-state index >= 15 is 0 Å². The number of hydrogen-bond acceptors (Lipinski definition) is 0. The normalized spacial score (nSPS) is 16.4. The fourth-order valence-corrected chi connectivity index (χ4v) is 4.76. The Morgan fingerprint density at radius 1 is 0.611 bits per heavy atom. The van der Waals surface area contributed by atoms with Gasteiger partial charge in [-0.25, -0.2) is 0 Å². The molecule has 0 aromatic carbocycles. The van der Waals surface area contributed by atoms with Gasteiger partial charge in [0, 0.05) is 0 Å². The lowest BCUT2D eigenvalue weighted by Crippen LogP contribution is -2.02. The van der Waals surface area contributed by atoms with Crippen molar-refractivity contribution in [2.75, 3.05) is 17.8 Å². The van der Waals surface area contributed by atoms with Crippen LogP contribution in [0.15, 0.2) is 0 Å². The van der Waals surface area contributed by atoms with Gasteiger partial charge >= 0.3 is 0 Å². The van der Waals surface area contributed by atoms with Crippen LogP contribution in [0.2, 0.25) is 0 Å². The molecule has 0 spiro atoms. The average molecular weight is 295 g/mol. The van der Waals surface area contributed by atoms with E-state index in [1.54, 1.807) is 0 Å². The van der Waals surface area contributed by atoms with E-state index in [-0.39, 0.29) is 0 Å². The predicted octanol–water partition coefficient (Wildman–Crippen LogP) is 6.91. The highest BCUT2D eigenvalue weighted by Crippen LogP contribution is 2.51. The minimum absolute atomic E-state index is 0.789. The van der Waals surface area contributed by atoms with E-state index in [4.69, 9.17) is 10.7 Å². The van der Waals surface area contributed by atoms with Crippen molar-refractivity contribution in [2.24, 2.45) is 0 Å². The molecule has 0 fully saturated rings. The first-order valence-corrected chi connectivity index (χ1v) is 11.3. The summed E-state index contributed by atoms with van der Waals surface area (Å²) in [5, 5.41) is 0. The van der Waals surface area contributed by atoms with Crippen molar-refractivity contribution in [1.82, 2.24) is 0 Å². The van der Waals surface area contributed by atoms with Crippen LogP contribution < -0.4 is 0 Å². The first kappa shape index (κ1) is 18.6. The van der Waals surface area contributed by atoms with Gasteiger partial charge in [0.1, 0.15) is 0 Å². The summed E-state index contributed by atoms with van der Waals surface area (Å²) < 4.78 is 0. The second-order valence-corrected chi connectivity index (χ2v) is 11.1. The first-order valence-electron chi connectivity index (χ1n) is 8.05. The minimum Gasteiger partial charge on any atom is -0.166 e. The third kappa shape index (κ3) is 13.1. The van der Waals surface area contributed by atoms with E-state index in [1.165, 1.54) is 82.1 Å². The lowest BCUT2D eigenvalue weighted by atomic mass is 10.1. The molecule has 0 saturated carbocycles. The van der Waals surface area contributed by atoms with Crippen LogP contribution in [-0.2, 0) is 0 Å². The van der Waals surface area contributed by atoms with Crippen LogP contribution in [0.4, 0.5) is 0 Å². The molecule has 0 aliphatic rings. The number of rotatable bonds is 13. The summed E-state index contributed by atoms with van der Waals surface area (Å²) in [7, 11) is 5.88. The topological polar surface area (TPSA) is 0 Å². The van der Waals surface area contributed by atoms with Crippen LogP contribution >= 0.6 is 19.9 Å². The number of hydrogen-bond donors (Lipinski definition) is 0. The maximum Gasteiger partial charge on any atom is -0.0103 e. The summed E-state index contributed by atoms with van der Waals surface area (Å²) in [6, 6.07) is 0. The highest BCUT2D eigenvalue weighted by Gasteiger charge is 2.13. The molecule has 0 heterocycles. The lowest BCUT2D eigenvalue weighted by molar-refractivity contribution is 0.626. The Balaban J connectivity index is 3.37. The largest absolute Gasteiger partial charge is 0.166 e. The SMILES string of the molecule is CCCCCCCCS(C)(Cl)CCCCCCC. The zero-order chi connectivity index (χ0) is 13.7. The Labute approximate surface area is 122 Å². The fourth-order valence-electron chi connectivity index (χ4n) is 2.29. The standard InChI is InChI=1S/C16H35ClS/c1-4-6-8-10-12-14-16-18(3,17)15-13-11-9-7-5-2/h4-16H2,1-3H3. The van der Waals surface area contributed by atoms with Gasteiger partial charge in [0.25, 0.3) is 0 Å². The Morgan fingerprint density at radius 2 is 0.944 bits per heavy atom. The van der Waals surface area contributed by atoms with Crippen molar-refractivity contribution in [3.63, 3.8) is 0 Å². The van der Waals surface area contributed by atoms with Crippen LogP contribution in [0.1, 0.15) is 84.5 Å². The van der Waals surface area contributed by atoms with Gasteiger partial charge in [-0.1, -0.05) is 82.3 Å². The van der Waals surface area contributed by atoms with Crippen molar-refractivity contribution in [3.8, 4) is 0 Å². The molecule has 112 valence electrons. The molecule has 2 heteroatoms. The molecular formula is C16H35ClS. The Bertz CT molecular complexity index is 168. The van der Waals surface area contributed by atoms with Crippen LogP contribution in [-0.4, -0.2) is 17.8 Å². The van der Waals surface area contributed by atoms with E-state index < -0.39 is 9.24 Å². The quantitative estimate of drug-likeness (QED) is 0.324. The van der Waals surface area contributed by atoms with Crippen LogP contribution in [0.25, 0.3) is 0 Å². The Kier molecular flexibility index (Phi) is 13.1. The van der Waals surface area contributed by atoms with Crippen molar-refractivity contribution >= 4 is 19.9 Å². The maximum atomic E-state index is 6.67. The molecule has 0 aliphatic carbocycles. The molecule has 0 aromatic rings. The summed E-state index contributed by atoms with van der Waals surface area (Å²) in [6.07, 6.45) is 17.5. The molecule has 1 atom stereocenters. The van der Waals surface area contributed by atoms with Gasteiger partial charge in [0.2, 0.25) is 0 Å². The molecule has 0 nitrogen and oxygen atoms in total. The van der Waals surface area contributed by atoms with E-state index in [0.717, 1.165) is 0 Å². The van der Waals surface area contributed by atoms with E-state index in [0.29, 0.717) is 0 Å². The zero-order valence-electron chi connectivity index (χ0n) is 13.0. The molecule has 18 heavy (non-hydrogen) atoms. The van der Waals surface area contributed by atoms with Gasteiger partial charge in [-0.05, 0) is 30.6 Å². The van der Waals surface area contributed by atoms with Gasteiger partial charge in [-0.15, -0.1) is 0 Å². The van der Waals surface area contributed by atoms with Crippen molar-refractivity contribution in [1.29, 1.82) is 0 Å². The third-order valence-electron chi connectivity index (χ3n) is 3.60. The highest BCUT2D eigenvalue weighted by molar-refractivity contribution is 8.50. The monoisotopic (exact) mass is 294 g/mol. The highest BCUT2D eigenvalue weighted by atomic mass is 35.7. The maximum absolute atomic E-state index is 6.67. The van der Waals surface area contributed by atoms with Gasteiger partial charge in [-0.2, -0.15) is 9.24 Å². The molecule has 0 amide bonds. The van der Waals surface area contributed by atoms with Gasteiger partial charge in [0.05, 0.1) is 0 Å².